The molecule has 0 saturated carbocycles. The molecule has 0 spiro atoms. The summed E-state index contributed by atoms with van der Waals surface area (Å²) in [5.41, 5.74) is 0.661. The largest absolute Gasteiger partial charge is 0.357 e. The van der Waals surface area contributed by atoms with E-state index in [2.05, 4.69) is 19.1 Å². The summed E-state index contributed by atoms with van der Waals surface area (Å²) in [6.45, 7) is 3.76. The molecule has 1 fully saturated rings. The first-order valence-electron chi connectivity index (χ1n) is 5.92. The summed E-state index contributed by atoms with van der Waals surface area (Å²) in [6.07, 6.45) is 2.89. The van der Waals surface area contributed by atoms with Gasteiger partial charge < -0.3 is 4.74 Å². The fourth-order valence-corrected chi connectivity index (χ4v) is 2.26. The number of benzene rings is 1. The molecule has 0 bridgehead atoms. The number of ketones is 1. The Labute approximate surface area is 96.6 Å². The molecule has 1 aliphatic rings. The fourth-order valence-electron chi connectivity index (χ4n) is 2.26. The van der Waals surface area contributed by atoms with E-state index >= 15 is 0 Å². The summed E-state index contributed by atoms with van der Waals surface area (Å²) in [7, 11) is 0. The second kappa shape index (κ2) is 4.38. The Morgan fingerprint density at radius 3 is 2.62 bits per heavy atom. The molecule has 0 aromatic heterocycles. The topological polar surface area (TPSA) is 29.6 Å². The second-order valence-electron chi connectivity index (χ2n) is 4.50. The lowest BCUT2D eigenvalue weighted by Gasteiger charge is -2.09. The van der Waals surface area contributed by atoms with Crippen LogP contribution in [0.5, 0.6) is 0 Å². The van der Waals surface area contributed by atoms with Crippen LogP contribution in [0, 0.1) is 0 Å². The smallest absolute Gasteiger partial charge is 0.164 e. The second-order valence-corrected chi connectivity index (χ2v) is 4.50. The fraction of sp³-hybridized carbons (Fsp3) is 0.500. The van der Waals surface area contributed by atoms with Crippen LogP contribution >= 0.6 is 0 Å². The molecule has 1 aliphatic heterocycles. The third kappa shape index (κ3) is 2.03. The molecule has 0 amide bonds. The Bertz CT molecular complexity index is 372. The Kier molecular flexibility index (Phi) is 3.10. The maximum atomic E-state index is 11.7. The first-order chi connectivity index (χ1) is 7.69. The van der Waals surface area contributed by atoms with Crippen LogP contribution in [0.1, 0.15) is 32.3 Å². The SMILES string of the molecule is CCCC1OC1(Cc1ccccc1)C(C)=O. The quantitative estimate of drug-likeness (QED) is 0.711. The number of hydrogen-bond donors (Lipinski definition) is 0. The van der Waals surface area contributed by atoms with Gasteiger partial charge in [-0.2, -0.15) is 0 Å². The lowest BCUT2D eigenvalue weighted by molar-refractivity contribution is -0.121. The molecule has 2 heteroatoms. The van der Waals surface area contributed by atoms with Crippen molar-refractivity contribution in [2.45, 2.75) is 44.8 Å². The van der Waals surface area contributed by atoms with Crippen molar-refractivity contribution < 1.29 is 9.53 Å². The van der Waals surface area contributed by atoms with E-state index in [1.165, 1.54) is 5.56 Å². The average molecular weight is 218 g/mol. The van der Waals surface area contributed by atoms with Gasteiger partial charge in [0, 0.05) is 6.42 Å². The molecular formula is C14H18O2. The zero-order valence-electron chi connectivity index (χ0n) is 9.90. The molecular weight excluding hydrogens is 200 g/mol. The molecule has 2 unspecified atom stereocenters. The highest BCUT2D eigenvalue weighted by atomic mass is 16.6. The van der Waals surface area contributed by atoms with Crippen molar-refractivity contribution in [3.63, 3.8) is 0 Å². The van der Waals surface area contributed by atoms with Crippen LogP contribution < -0.4 is 0 Å². The first-order valence-corrected chi connectivity index (χ1v) is 5.92. The molecule has 16 heavy (non-hydrogen) atoms. The van der Waals surface area contributed by atoms with Gasteiger partial charge in [0.25, 0.3) is 0 Å². The van der Waals surface area contributed by atoms with Gasteiger partial charge in [0.2, 0.25) is 0 Å². The van der Waals surface area contributed by atoms with Gasteiger partial charge in [0.05, 0.1) is 6.10 Å². The minimum Gasteiger partial charge on any atom is -0.357 e. The predicted molar refractivity (Wildman–Crippen MR) is 63.3 cm³/mol. The summed E-state index contributed by atoms with van der Waals surface area (Å²) in [5.74, 6) is 0.162. The van der Waals surface area contributed by atoms with E-state index < -0.39 is 5.60 Å². The molecule has 2 rings (SSSR count). The van der Waals surface area contributed by atoms with Gasteiger partial charge in [-0.05, 0) is 18.9 Å². The van der Waals surface area contributed by atoms with Crippen LogP contribution in [0.4, 0.5) is 0 Å². The van der Waals surface area contributed by atoms with E-state index in [-0.39, 0.29) is 11.9 Å². The number of hydrogen-bond acceptors (Lipinski definition) is 2. The van der Waals surface area contributed by atoms with Gasteiger partial charge in [0.1, 0.15) is 0 Å². The number of Topliss-reactive ketones (excluding diaryl/α,β-unsaturated/α-hetero) is 1. The molecule has 2 atom stereocenters. The third-order valence-corrected chi connectivity index (χ3v) is 3.27. The van der Waals surface area contributed by atoms with E-state index in [9.17, 15) is 4.79 Å². The highest BCUT2D eigenvalue weighted by Gasteiger charge is 2.59. The molecule has 1 saturated heterocycles. The molecule has 0 aliphatic carbocycles. The Hall–Kier alpha value is -1.15. The van der Waals surface area contributed by atoms with E-state index in [1.54, 1.807) is 6.92 Å². The maximum Gasteiger partial charge on any atom is 0.164 e. The number of rotatable bonds is 5. The predicted octanol–water partition coefficient (Wildman–Crippen LogP) is 2.76. The number of epoxide rings is 1. The Morgan fingerprint density at radius 1 is 1.38 bits per heavy atom. The van der Waals surface area contributed by atoms with Gasteiger partial charge >= 0.3 is 0 Å². The normalized spacial score (nSPS) is 27.8. The minimum absolute atomic E-state index is 0.134. The van der Waals surface area contributed by atoms with Gasteiger partial charge in [-0.1, -0.05) is 43.7 Å². The van der Waals surface area contributed by atoms with Crippen molar-refractivity contribution in [2.75, 3.05) is 0 Å². The molecule has 1 heterocycles. The van der Waals surface area contributed by atoms with Crippen molar-refractivity contribution in [1.82, 2.24) is 0 Å². The van der Waals surface area contributed by atoms with E-state index in [0.29, 0.717) is 6.42 Å². The monoisotopic (exact) mass is 218 g/mol. The Morgan fingerprint density at radius 2 is 2.06 bits per heavy atom. The van der Waals surface area contributed by atoms with Crippen LogP contribution in [0.2, 0.25) is 0 Å². The van der Waals surface area contributed by atoms with Crippen LogP contribution in [0.3, 0.4) is 0 Å². The minimum atomic E-state index is -0.517. The summed E-state index contributed by atoms with van der Waals surface area (Å²) < 4.78 is 5.66. The van der Waals surface area contributed by atoms with Crippen molar-refractivity contribution >= 4 is 5.78 Å². The molecule has 1 aromatic rings. The highest BCUT2D eigenvalue weighted by molar-refractivity contribution is 5.88. The maximum absolute atomic E-state index is 11.7. The standard InChI is InChI=1S/C14H18O2/c1-3-7-13-14(16-13,11(2)15)10-12-8-5-4-6-9-12/h4-6,8-9,13H,3,7,10H2,1-2H3. The lowest BCUT2D eigenvalue weighted by atomic mass is 9.91. The van der Waals surface area contributed by atoms with Crippen molar-refractivity contribution in [1.29, 1.82) is 0 Å². The highest BCUT2D eigenvalue weighted by Crippen LogP contribution is 2.43. The van der Waals surface area contributed by atoms with E-state index in [0.717, 1.165) is 12.8 Å². The van der Waals surface area contributed by atoms with Gasteiger partial charge in [-0.25, -0.2) is 0 Å². The third-order valence-electron chi connectivity index (χ3n) is 3.27. The number of carbonyl (C=O) groups is 1. The zero-order chi connectivity index (χ0) is 11.6. The summed E-state index contributed by atoms with van der Waals surface area (Å²) >= 11 is 0. The molecule has 0 radical (unpaired) electrons. The average Bonchev–Trinajstić information content (AvgIpc) is 2.95. The summed E-state index contributed by atoms with van der Waals surface area (Å²) in [5, 5.41) is 0. The summed E-state index contributed by atoms with van der Waals surface area (Å²) in [6, 6.07) is 10.1. The van der Waals surface area contributed by atoms with Crippen molar-refractivity contribution in [3.05, 3.63) is 35.9 Å². The van der Waals surface area contributed by atoms with Gasteiger partial charge in [0.15, 0.2) is 11.4 Å². The van der Waals surface area contributed by atoms with Crippen LogP contribution in [-0.4, -0.2) is 17.5 Å². The van der Waals surface area contributed by atoms with Crippen molar-refractivity contribution in [3.8, 4) is 0 Å². The molecule has 1 aromatic carbocycles. The number of carbonyl (C=O) groups excluding carboxylic acids is 1. The lowest BCUT2D eigenvalue weighted by Crippen LogP contribution is -2.27. The first kappa shape index (κ1) is 11.3. The molecule has 0 N–H and O–H groups in total. The molecule has 2 nitrogen and oxygen atoms in total. The van der Waals surface area contributed by atoms with Crippen molar-refractivity contribution in [2.24, 2.45) is 0 Å². The van der Waals surface area contributed by atoms with Crippen LogP contribution in [0.25, 0.3) is 0 Å². The van der Waals surface area contributed by atoms with E-state index in [4.69, 9.17) is 4.74 Å². The number of ether oxygens (including phenoxy) is 1. The van der Waals surface area contributed by atoms with Gasteiger partial charge in [-0.3, -0.25) is 4.79 Å². The zero-order valence-corrected chi connectivity index (χ0v) is 9.90. The molecule has 86 valence electrons. The van der Waals surface area contributed by atoms with Gasteiger partial charge in [-0.15, -0.1) is 0 Å². The van der Waals surface area contributed by atoms with E-state index in [1.807, 2.05) is 18.2 Å². The summed E-state index contributed by atoms with van der Waals surface area (Å²) in [4.78, 5) is 11.7. The van der Waals surface area contributed by atoms with Crippen LogP contribution in [-0.2, 0) is 16.0 Å². The van der Waals surface area contributed by atoms with Crippen LogP contribution in [0.15, 0.2) is 30.3 Å². The Balaban J connectivity index is 2.09.